The van der Waals surface area contributed by atoms with Gasteiger partial charge >= 0.3 is 0 Å². The molecular formula is C11H19N4O+. The van der Waals surface area contributed by atoms with Crippen molar-refractivity contribution in [3.8, 4) is 0 Å². The second-order valence-electron chi connectivity index (χ2n) is 4.49. The molecule has 0 saturated carbocycles. The standard InChI is InChI=1S/C11H19N4O/c1-9-11(14(2)16)7-13-15(9)8-10-3-5-12-6-4-10/h7,10,12H,3-6,8H2,1-2H3/q+1. The molecule has 0 bridgehead atoms. The van der Waals surface area contributed by atoms with E-state index in [1.54, 1.807) is 6.20 Å². The number of nitrogens with one attached hydrogen (secondary N) is 1. The van der Waals surface area contributed by atoms with E-state index in [1.807, 2.05) is 11.6 Å². The molecule has 88 valence electrons. The summed E-state index contributed by atoms with van der Waals surface area (Å²) in [5.41, 5.74) is 1.64. The van der Waals surface area contributed by atoms with Gasteiger partial charge in [-0.1, -0.05) is 0 Å². The average Bonchev–Trinajstić information content (AvgIpc) is 2.62. The van der Waals surface area contributed by atoms with Crippen LogP contribution in [0.2, 0.25) is 0 Å². The van der Waals surface area contributed by atoms with Crippen LogP contribution in [0.4, 0.5) is 5.69 Å². The summed E-state index contributed by atoms with van der Waals surface area (Å²) in [6.07, 6.45) is 4.05. The van der Waals surface area contributed by atoms with Crippen molar-refractivity contribution in [2.75, 3.05) is 20.1 Å². The lowest BCUT2D eigenvalue weighted by Gasteiger charge is -2.22. The molecule has 1 aromatic rings. The van der Waals surface area contributed by atoms with E-state index in [0.717, 1.165) is 30.1 Å². The van der Waals surface area contributed by atoms with E-state index in [0.29, 0.717) is 11.6 Å². The van der Waals surface area contributed by atoms with Gasteiger partial charge in [0.1, 0.15) is 11.9 Å². The van der Waals surface area contributed by atoms with Gasteiger partial charge in [-0.3, -0.25) is 4.68 Å². The number of nitrogens with zero attached hydrogens (tertiary/aromatic N) is 3. The zero-order chi connectivity index (χ0) is 11.5. The van der Waals surface area contributed by atoms with E-state index in [2.05, 4.69) is 10.4 Å². The Hall–Kier alpha value is -1.23. The Kier molecular flexibility index (Phi) is 3.33. The number of rotatable bonds is 3. The number of aromatic nitrogens is 2. The van der Waals surface area contributed by atoms with Crippen LogP contribution in [0, 0.1) is 17.7 Å². The summed E-state index contributed by atoms with van der Waals surface area (Å²) in [6.45, 7) is 5.08. The fourth-order valence-electron chi connectivity index (χ4n) is 2.24. The summed E-state index contributed by atoms with van der Waals surface area (Å²) < 4.78 is 2.83. The Morgan fingerprint density at radius 1 is 1.56 bits per heavy atom. The first-order valence-electron chi connectivity index (χ1n) is 5.82. The fraction of sp³-hybridized carbons (Fsp3) is 0.727. The minimum Gasteiger partial charge on any atom is -0.317 e. The van der Waals surface area contributed by atoms with Crippen LogP contribution in [-0.4, -0.2) is 34.7 Å². The van der Waals surface area contributed by atoms with Crippen LogP contribution in [0.5, 0.6) is 0 Å². The summed E-state index contributed by atoms with van der Waals surface area (Å²) in [4.78, 5) is 11.2. The number of piperidine rings is 1. The van der Waals surface area contributed by atoms with Crippen LogP contribution in [0.15, 0.2) is 6.20 Å². The third kappa shape index (κ3) is 2.29. The highest BCUT2D eigenvalue weighted by molar-refractivity contribution is 5.31. The Morgan fingerprint density at radius 2 is 2.25 bits per heavy atom. The summed E-state index contributed by atoms with van der Waals surface area (Å²) >= 11 is 0. The molecule has 1 aliphatic heterocycles. The van der Waals surface area contributed by atoms with Gasteiger partial charge in [0.05, 0.1) is 0 Å². The van der Waals surface area contributed by atoms with E-state index in [9.17, 15) is 4.91 Å². The number of nitroso groups, excluding NO2 is 1. The maximum Gasteiger partial charge on any atom is 0.296 e. The maximum atomic E-state index is 11.2. The van der Waals surface area contributed by atoms with E-state index in [1.165, 1.54) is 19.9 Å². The molecule has 5 heteroatoms. The van der Waals surface area contributed by atoms with Crippen molar-refractivity contribution in [3.63, 3.8) is 0 Å². The van der Waals surface area contributed by atoms with Crippen LogP contribution in [0.1, 0.15) is 18.5 Å². The van der Waals surface area contributed by atoms with E-state index in [-0.39, 0.29) is 0 Å². The smallest absolute Gasteiger partial charge is 0.296 e. The zero-order valence-corrected chi connectivity index (χ0v) is 9.94. The normalized spacial score (nSPS) is 17.6. The fourth-order valence-corrected chi connectivity index (χ4v) is 2.24. The predicted octanol–water partition coefficient (Wildman–Crippen LogP) is 1.23. The summed E-state index contributed by atoms with van der Waals surface area (Å²) in [5, 5.41) is 7.64. The molecule has 1 aromatic heterocycles. The van der Waals surface area contributed by atoms with Crippen LogP contribution in [-0.2, 0) is 6.54 Å². The third-order valence-electron chi connectivity index (χ3n) is 3.31. The van der Waals surface area contributed by atoms with Gasteiger partial charge in [-0.05, 0) is 38.8 Å². The molecule has 5 nitrogen and oxygen atoms in total. The van der Waals surface area contributed by atoms with Gasteiger partial charge in [0.15, 0.2) is 7.05 Å². The largest absolute Gasteiger partial charge is 0.317 e. The molecule has 0 radical (unpaired) electrons. The Morgan fingerprint density at radius 3 is 2.81 bits per heavy atom. The van der Waals surface area contributed by atoms with Gasteiger partial charge in [0.25, 0.3) is 5.69 Å². The molecule has 0 unspecified atom stereocenters. The number of hydrogen-bond acceptors (Lipinski definition) is 3. The maximum absolute atomic E-state index is 11.2. The van der Waals surface area contributed by atoms with E-state index in [4.69, 9.17) is 0 Å². The first-order valence-corrected chi connectivity index (χ1v) is 5.82. The van der Waals surface area contributed by atoms with Crippen molar-refractivity contribution >= 4 is 5.69 Å². The lowest BCUT2D eigenvalue weighted by atomic mass is 9.98. The SMILES string of the molecule is Cc1c([N+](C)=O)cnn1CC1CCNCC1. The monoisotopic (exact) mass is 223 g/mol. The molecule has 1 saturated heterocycles. The zero-order valence-electron chi connectivity index (χ0n) is 9.94. The van der Waals surface area contributed by atoms with Crippen molar-refractivity contribution in [3.05, 3.63) is 16.8 Å². The van der Waals surface area contributed by atoms with Crippen LogP contribution in [0.3, 0.4) is 0 Å². The van der Waals surface area contributed by atoms with Crippen molar-refractivity contribution < 1.29 is 4.76 Å². The molecule has 1 fully saturated rings. The van der Waals surface area contributed by atoms with Crippen molar-refractivity contribution in [1.29, 1.82) is 0 Å². The molecule has 0 amide bonds. The van der Waals surface area contributed by atoms with Gasteiger partial charge < -0.3 is 5.32 Å². The Balaban J connectivity index is 2.06. The highest BCUT2D eigenvalue weighted by Crippen LogP contribution is 2.19. The molecule has 1 N–H and O–H groups in total. The lowest BCUT2D eigenvalue weighted by Crippen LogP contribution is -2.30. The second-order valence-corrected chi connectivity index (χ2v) is 4.49. The van der Waals surface area contributed by atoms with Crippen molar-refractivity contribution in [2.45, 2.75) is 26.3 Å². The van der Waals surface area contributed by atoms with Crippen molar-refractivity contribution in [1.82, 2.24) is 15.1 Å². The molecule has 2 rings (SSSR count). The second kappa shape index (κ2) is 4.74. The Bertz CT molecular complexity index is 379. The van der Waals surface area contributed by atoms with Crippen LogP contribution < -0.4 is 5.32 Å². The summed E-state index contributed by atoms with van der Waals surface area (Å²) in [6, 6.07) is 0. The highest BCUT2D eigenvalue weighted by Gasteiger charge is 2.20. The molecule has 2 heterocycles. The molecule has 1 aliphatic rings. The predicted molar refractivity (Wildman–Crippen MR) is 61.8 cm³/mol. The van der Waals surface area contributed by atoms with Crippen LogP contribution >= 0.6 is 0 Å². The minimum atomic E-state index is 0.675. The third-order valence-corrected chi connectivity index (χ3v) is 3.31. The van der Waals surface area contributed by atoms with Gasteiger partial charge in [0.2, 0.25) is 0 Å². The quantitative estimate of drug-likeness (QED) is 0.784. The summed E-state index contributed by atoms with van der Waals surface area (Å²) in [7, 11) is 1.51. The number of hydrogen-bond donors (Lipinski definition) is 1. The summed E-state index contributed by atoms with van der Waals surface area (Å²) in [5.74, 6) is 0.685. The van der Waals surface area contributed by atoms with Gasteiger partial charge in [-0.15, -0.1) is 0 Å². The molecule has 0 aromatic carbocycles. The molecule has 0 spiro atoms. The molecular weight excluding hydrogens is 204 g/mol. The van der Waals surface area contributed by atoms with Gasteiger partial charge in [-0.2, -0.15) is 5.10 Å². The first-order chi connectivity index (χ1) is 7.68. The minimum absolute atomic E-state index is 0.675. The first kappa shape index (κ1) is 11.3. The van der Waals surface area contributed by atoms with Gasteiger partial charge in [-0.25, -0.2) is 0 Å². The van der Waals surface area contributed by atoms with E-state index < -0.39 is 0 Å². The lowest BCUT2D eigenvalue weighted by molar-refractivity contribution is -0.428. The Labute approximate surface area is 95.4 Å². The average molecular weight is 223 g/mol. The molecule has 0 atom stereocenters. The van der Waals surface area contributed by atoms with Crippen molar-refractivity contribution in [2.24, 2.45) is 5.92 Å². The topological polar surface area (TPSA) is 49.9 Å². The molecule has 16 heavy (non-hydrogen) atoms. The van der Waals surface area contributed by atoms with Gasteiger partial charge in [0, 0.05) is 16.2 Å². The van der Waals surface area contributed by atoms with Crippen LogP contribution in [0.25, 0.3) is 0 Å². The molecule has 0 aliphatic carbocycles. The highest BCUT2D eigenvalue weighted by atomic mass is 16.3. The van der Waals surface area contributed by atoms with E-state index >= 15 is 0 Å².